The van der Waals surface area contributed by atoms with Crippen molar-refractivity contribution in [1.29, 1.82) is 0 Å². The Balaban J connectivity index is 1.62. The van der Waals surface area contributed by atoms with Crippen LogP contribution in [0.1, 0.15) is 38.5 Å². The van der Waals surface area contributed by atoms with E-state index in [1.807, 2.05) is 0 Å². The average Bonchev–Trinajstić information content (AvgIpc) is 2.91. The molecule has 4 heteroatoms. The molecule has 2 fully saturated rings. The fourth-order valence-electron chi connectivity index (χ4n) is 2.28. The average molecular weight is 226 g/mol. The summed E-state index contributed by atoms with van der Waals surface area (Å²) in [6.45, 7) is 1.22. The first-order chi connectivity index (χ1) is 7.75. The summed E-state index contributed by atoms with van der Waals surface area (Å²) in [5.74, 6) is 0.410. The third-order valence-corrected chi connectivity index (χ3v) is 3.47. The first kappa shape index (κ1) is 11.9. The van der Waals surface area contributed by atoms with Crippen LogP contribution in [-0.2, 0) is 9.53 Å². The highest BCUT2D eigenvalue weighted by molar-refractivity contribution is 5.80. The van der Waals surface area contributed by atoms with Crippen molar-refractivity contribution in [2.45, 2.75) is 50.6 Å². The fourth-order valence-corrected chi connectivity index (χ4v) is 2.28. The van der Waals surface area contributed by atoms with Crippen LogP contribution in [0.5, 0.6) is 0 Å². The SMILES string of the molecule is NC(=O)C(COCC1CCCC1)NC1CC1. The third-order valence-electron chi connectivity index (χ3n) is 3.47. The standard InChI is InChI=1S/C12H22N2O2/c13-12(15)11(14-10-5-6-10)8-16-7-9-3-1-2-4-9/h9-11,14H,1-8H2,(H2,13,15). The Hall–Kier alpha value is -0.610. The summed E-state index contributed by atoms with van der Waals surface area (Å²) in [6, 6.07) is 0.196. The van der Waals surface area contributed by atoms with Crippen molar-refractivity contribution in [3.8, 4) is 0 Å². The largest absolute Gasteiger partial charge is 0.379 e. The Bertz CT molecular complexity index is 235. The lowest BCUT2D eigenvalue weighted by Crippen LogP contribution is -2.45. The molecule has 0 aromatic carbocycles. The lowest BCUT2D eigenvalue weighted by atomic mass is 10.1. The van der Waals surface area contributed by atoms with Crippen LogP contribution in [0.4, 0.5) is 0 Å². The number of amides is 1. The van der Waals surface area contributed by atoms with Crippen molar-refractivity contribution in [3.63, 3.8) is 0 Å². The fraction of sp³-hybridized carbons (Fsp3) is 0.917. The molecule has 1 amide bonds. The van der Waals surface area contributed by atoms with E-state index in [1.54, 1.807) is 0 Å². The van der Waals surface area contributed by atoms with E-state index in [9.17, 15) is 4.79 Å². The Morgan fingerprint density at radius 2 is 2.00 bits per heavy atom. The van der Waals surface area contributed by atoms with Gasteiger partial charge in [0.1, 0.15) is 6.04 Å². The zero-order chi connectivity index (χ0) is 11.4. The van der Waals surface area contributed by atoms with Crippen molar-refractivity contribution in [1.82, 2.24) is 5.32 Å². The molecule has 2 aliphatic carbocycles. The van der Waals surface area contributed by atoms with Crippen molar-refractivity contribution in [2.24, 2.45) is 11.7 Å². The van der Waals surface area contributed by atoms with Gasteiger partial charge in [-0.05, 0) is 31.6 Å². The van der Waals surface area contributed by atoms with Crippen LogP contribution in [-0.4, -0.2) is 31.2 Å². The molecule has 0 saturated heterocycles. The molecule has 0 aromatic heterocycles. The summed E-state index contributed by atoms with van der Waals surface area (Å²) in [5.41, 5.74) is 5.33. The summed E-state index contributed by atoms with van der Waals surface area (Å²) in [7, 11) is 0. The van der Waals surface area contributed by atoms with Crippen LogP contribution < -0.4 is 11.1 Å². The minimum absolute atomic E-state index is 0.293. The minimum Gasteiger partial charge on any atom is -0.379 e. The second kappa shape index (κ2) is 5.64. The van der Waals surface area contributed by atoms with Crippen LogP contribution in [0.25, 0.3) is 0 Å². The molecule has 3 N–H and O–H groups in total. The van der Waals surface area contributed by atoms with Gasteiger partial charge in [-0.1, -0.05) is 12.8 Å². The third kappa shape index (κ3) is 3.76. The zero-order valence-electron chi connectivity index (χ0n) is 9.78. The highest BCUT2D eigenvalue weighted by Crippen LogP contribution is 2.24. The second-order valence-corrected chi connectivity index (χ2v) is 5.08. The van der Waals surface area contributed by atoms with E-state index in [4.69, 9.17) is 10.5 Å². The van der Waals surface area contributed by atoms with Crippen LogP contribution in [0.2, 0.25) is 0 Å². The molecule has 0 radical (unpaired) electrons. The van der Waals surface area contributed by atoms with E-state index in [2.05, 4.69) is 5.32 Å². The van der Waals surface area contributed by atoms with E-state index < -0.39 is 0 Å². The van der Waals surface area contributed by atoms with Gasteiger partial charge in [0.25, 0.3) is 0 Å². The molecule has 0 bridgehead atoms. The predicted octanol–water partition coefficient (Wildman–Crippen LogP) is 0.799. The highest BCUT2D eigenvalue weighted by Gasteiger charge is 2.27. The van der Waals surface area contributed by atoms with E-state index in [1.165, 1.54) is 25.7 Å². The van der Waals surface area contributed by atoms with E-state index >= 15 is 0 Å². The van der Waals surface area contributed by atoms with Crippen LogP contribution in [0, 0.1) is 5.92 Å². The molecule has 0 heterocycles. The number of hydrogen-bond donors (Lipinski definition) is 2. The molecule has 2 rings (SSSR count). The second-order valence-electron chi connectivity index (χ2n) is 5.08. The number of carbonyl (C=O) groups excluding carboxylic acids is 1. The summed E-state index contributed by atoms with van der Waals surface area (Å²) in [4.78, 5) is 11.2. The first-order valence-corrected chi connectivity index (χ1v) is 6.39. The maximum Gasteiger partial charge on any atom is 0.236 e. The molecule has 92 valence electrons. The van der Waals surface area contributed by atoms with E-state index in [0.717, 1.165) is 19.4 Å². The summed E-state index contributed by atoms with van der Waals surface area (Å²) >= 11 is 0. The Labute approximate surface area is 96.9 Å². The zero-order valence-corrected chi connectivity index (χ0v) is 9.78. The van der Waals surface area contributed by atoms with Gasteiger partial charge >= 0.3 is 0 Å². The van der Waals surface area contributed by atoms with Gasteiger partial charge < -0.3 is 15.8 Å². The maximum atomic E-state index is 11.2. The number of carbonyl (C=O) groups is 1. The van der Waals surface area contributed by atoms with Crippen molar-refractivity contribution >= 4 is 5.91 Å². The molecule has 2 saturated carbocycles. The van der Waals surface area contributed by atoms with Gasteiger partial charge in [0, 0.05) is 12.6 Å². The molecule has 0 spiro atoms. The summed E-state index contributed by atoms with van der Waals surface area (Å²) in [6.07, 6.45) is 7.52. The molecule has 2 aliphatic rings. The van der Waals surface area contributed by atoms with Gasteiger partial charge in [-0.2, -0.15) is 0 Å². The van der Waals surface area contributed by atoms with Crippen molar-refractivity contribution < 1.29 is 9.53 Å². The number of rotatable bonds is 7. The number of hydrogen-bond acceptors (Lipinski definition) is 3. The normalized spacial score (nSPS) is 23.5. The van der Waals surface area contributed by atoms with E-state index in [0.29, 0.717) is 18.6 Å². The molecular weight excluding hydrogens is 204 g/mol. The Kier molecular flexibility index (Phi) is 4.18. The van der Waals surface area contributed by atoms with Gasteiger partial charge in [-0.15, -0.1) is 0 Å². The van der Waals surface area contributed by atoms with Crippen molar-refractivity contribution in [2.75, 3.05) is 13.2 Å². The monoisotopic (exact) mass is 226 g/mol. The van der Waals surface area contributed by atoms with Gasteiger partial charge in [0.15, 0.2) is 0 Å². The lowest BCUT2D eigenvalue weighted by molar-refractivity contribution is -0.121. The number of primary amides is 1. The molecule has 1 atom stereocenters. The number of ether oxygens (including phenoxy) is 1. The van der Waals surface area contributed by atoms with Gasteiger partial charge in [0.05, 0.1) is 6.61 Å². The Morgan fingerprint density at radius 3 is 2.56 bits per heavy atom. The molecule has 0 aromatic rings. The molecule has 0 aliphatic heterocycles. The van der Waals surface area contributed by atoms with E-state index in [-0.39, 0.29) is 11.9 Å². The van der Waals surface area contributed by atoms with Crippen LogP contribution >= 0.6 is 0 Å². The van der Waals surface area contributed by atoms with Gasteiger partial charge in [-0.3, -0.25) is 4.79 Å². The predicted molar refractivity (Wildman–Crippen MR) is 61.9 cm³/mol. The topological polar surface area (TPSA) is 64.4 Å². The highest BCUT2D eigenvalue weighted by atomic mass is 16.5. The smallest absolute Gasteiger partial charge is 0.236 e. The lowest BCUT2D eigenvalue weighted by Gasteiger charge is -2.16. The minimum atomic E-state index is -0.297. The quantitative estimate of drug-likeness (QED) is 0.675. The summed E-state index contributed by atoms with van der Waals surface area (Å²) in [5, 5.41) is 3.22. The van der Waals surface area contributed by atoms with Crippen molar-refractivity contribution in [3.05, 3.63) is 0 Å². The molecular formula is C12H22N2O2. The van der Waals surface area contributed by atoms with Gasteiger partial charge in [-0.25, -0.2) is 0 Å². The van der Waals surface area contributed by atoms with Crippen LogP contribution in [0.15, 0.2) is 0 Å². The molecule has 1 unspecified atom stereocenters. The molecule has 4 nitrogen and oxygen atoms in total. The Morgan fingerprint density at radius 1 is 1.31 bits per heavy atom. The maximum absolute atomic E-state index is 11.2. The number of nitrogens with two attached hydrogens (primary N) is 1. The summed E-state index contributed by atoms with van der Waals surface area (Å²) < 4.78 is 5.61. The van der Waals surface area contributed by atoms with Crippen LogP contribution in [0.3, 0.4) is 0 Å². The van der Waals surface area contributed by atoms with Gasteiger partial charge in [0.2, 0.25) is 5.91 Å². The number of nitrogens with one attached hydrogen (secondary N) is 1. The molecule has 16 heavy (non-hydrogen) atoms. The first-order valence-electron chi connectivity index (χ1n) is 6.39.